The third-order valence-electron chi connectivity index (χ3n) is 3.52. The summed E-state index contributed by atoms with van der Waals surface area (Å²) < 4.78 is 64.2. The molecule has 0 aliphatic heterocycles. The summed E-state index contributed by atoms with van der Waals surface area (Å²) in [5.41, 5.74) is -1.02. The SMILES string of the molecule is CCC(C)NS(=O)(=O)c1ccc(C(=O)Nc2cc(C(F)(F)F)[nH]n2)cc1. The number of halogens is 3. The number of hydrogen-bond donors (Lipinski definition) is 3. The molecule has 0 saturated heterocycles. The van der Waals surface area contributed by atoms with E-state index in [-0.39, 0.29) is 22.3 Å². The first-order valence-corrected chi connectivity index (χ1v) is 9.07. The Morgan fingerprint density at radius 2 is 1.88 bits per heavy atom. The Bertz CT molecular complexity index is 876. The summed E-state index contributed by atoms with van der Waals surface area (Å²) in [6.45, 7) is 3.55. The summed E-state index contributed by atoms with van der Waals surface area (Å²) in [5, 5.41) is 7.35. The number of nitrogens with zero attached hydrogens (tertiary/aromatic N) is 1. The van der Waals surface area contributed by atoms with Crippen molar-refractivity contribution in [3.05, 3.63) is 41.6 Å². The van der Waals surface area contributed by atoms with Gasteiger partial charge in [-0.1, -0.05) is 6.92 Å². The highest BCUT2D eigenvalue weighted by Gasteiger charge is 2.33. The molecule has 1 amide bonds. The van der Waals surface area contributed by atoms with Gasteiger partial charge in [-0.2, -0.15) is 18.3 Å². The highest BCUT2D eigenvalue weighted by atomic mass is 32.2. The van der Waals surface area contributed by atoms with Crippen LogP contribution in [0.4, 0.5) is 19.0 Å². The van der Waals surface area contributed by atoms with Gasteiger partial charge in [-0.15, -0.1) is 0 Å². The van der Waals surface area contributed by atoms with Crippen LogP contribution in [0.25, 0.3) is 0 Å². The van der Waals surface area contributed by atoms with Crippen LogP contribution in [0.1, 0.15) is 36.3 Å². The molecule has 26 heavy (non-hydrogen) atoms. The Hall–Kier alpha value is -2.40. The van der Waals surface area contributed by atoms with Crippen molar-refractivity contribution < 1.29 is 26.4 Å². The first kappa shape index (κ1) is 19.9. The molecule has 1 atom stereocenters. The summed E-state index contributed by atoms with van der Waals surface area (Å²) >= 11 is 0. The van der Waals surface area contributed by atoms with E-state index >= 15 is 0 Å². The largest absolute Gasteiger partial charge is 0.432 e. The van der Waals surface area contributed by atoms with E-state index in [2.05, 4.69) is 15.1 Å². The highest BCUT2D eigenvalue weighted by Crippen LogP contribution is 2.28. The number of rotatable bonds is 6. The molecule has 0 aliphatic rings. The number of anilines is 1. The summed E-state index contributed by atoms with van der Waals surface area (Å²) in [5.74, 6) is -1.01. The molecule has 1 aromatic carbocycles. The Morgan fingerprint density at radius 1 is 1.27 bits per heavy atom. The average Bonchev–Trinajstić information content (AvgIpc) is 3.03. The van der Waals surface area contributed by atoms with Gasteiger partial charge in [0.1, 0.15) is 5.69 Å². The van der Waals surface area contributed by atoms with Gasteiger partial charge < -0.3 is 5.32 Å². The van der Waals surface area contributed by atoms with Crippen LogP contribution in [0, 0.1) is 0 Å². The van der Waals surface area contributed by atoms with E-state index in [4.69, 9.17) is 0 Å². The number of alkyl halides is 3. The third kappa shape index (κ3) is 4.82. The van der Waals surface area contributed by atoms with Crippen molar-refractivity contribution in [1.29, 1.82) is 0 Å². The minimum atomic E-state index is -4.60. The molecular formula is C15H17F3N4O3S. The number of hydrogen-bond acceptors (Lipinski definition) is 4. The van der Waals surface area contributed by atoms with E-state index in [0.717, 1.165) is 0 Å². The van der Waals surface area contributed by atoms with Gasteiger partial charge in [0, 0.05) is 17.7 Å². The van der Waals surface area contributed by atoms with Gasteiger partial charge in [0.05, 0.1) is 4.90 Å². The van der Waals surface area contributed by atoms with Gasteiger partial charge in [-0.3, -0.25) is 9.89 Å². The highest BCUT2D eigenvalue weighted by molar-refractivity contribution is 7.89. The van der Waals surface area contributed by atoms with Crippen molar-refractivity contribution in [3.63, 3.8) is 0 Å². The van der Waals surface area contributed by atoms with Gasteiger partial charge in [-0.25, -0.2) is 13.1 Å². The second-order valence-corrected chi connectivity index (χ2v) is 7.29. The number of nitrogens with one attached hydrogen (secondary N) is 3. The summed E-state index contributed by atoms with van der Waals surface area (Å²) in [6, 6.07) is 5.42. The summed E-state index contributed by atoms with van der Waals surface area (Å²) in [4.78, 5) is 12.0. The molecule has 2 aromatic rings. The van der Waals surface area contributed by atoms with Crippen LogP contribution in [0.2, 0.25) is 0 Å². The van der Waals surface area contributed by atoms with Crippen molar-refractivity contribution in [2.24, 2.45) is 0 Å². The molecule has 0 radical (unpaired) electrons. The van der Waals surface area contributed by atoms with Crippen LogP contribution in [0.5, 0.6) is 0 Å². The molecule has 0 bridgehead atoms. The molecule has 0 aliphatic carbocycles. The monoisotopic (exact) mass is 390 g/mol. The maximum absolute atomic E-state index is 12.5. The molecule has 1 unspecified atom stereocenters. The molecule has 0 spiro atoms. The number of carbonyl (C=O) groups is 1. The molecule has 142 valence electrons. The molecule has 0 saturated carbocycles. The fourth-order valence-corrected chi connectivity index (χ4v) is 3.25. The van der Waals surface area contributed by atoms with Crippen LogP contribution in [-0.4, -0.2) is 30.6 Å². The van der Waals surface area contributed by atoms with Crippen molar-refractivity contribution in [2.75, 3.05) is 5.32 Å². The van der Waals surface area contributed by atoms with E-state index in [1.54, 1.807) is 12.0 Å². The Labute approximate surface area is 148 Å². The van der Waals surface area contributed by atoms with Gasteiger partial charge in [0.25, 0.3) is 5.91 Å². The van der Waals surface area contributed by atoms with Crippen molar-refractivity contribution >= 4 is 21.7 Å². The Balaban J connectivity index is 2.10. The molecule has 1 aromatic heterocycles. The maximum atomic E-state index is 12.5. The lowest BCUT2D eigenvalue weighted by molar-refractivity contribution is -0.141. The molecule has 2 rings (SSSR count). The van der Waals surface area contributed by atoms with Crippen molar-refractivity contribution in [1.82, 2.24) is 14.9 Å². The van der Waals surface area contributed by atoms with E-state index < -0.39 is 27.8 Å². The van der Waals surface area contributed by atoms with Crippen molar-refractivity contribution in [3.8, 4) is 0 Å². The van der Waals surface area contributed by atoms with Gasteiger partial charge >= 0.3 is 6.18 Å². The lowest BCUT2D eigenvalue weighted by Gasteiger charge is -2.12. The molecule has 1 heterocycles. The number of aromatic nitrogens is 2. The molecular weight excluding hydrogens is 373 g/mol. The standard InChI is InChI=1S/C15H17F3N4O3S/c1-3-9(2)22-26(24,25)11-6-4-10(5-7-11)14(23)19-13-8-12(20-21-13)15(16,17)18/h4-9,22H,3H2,1-2H3,(H2,19,20,21,23). The average molecular weight is 390 g/mol. The smallest absolute Gasteiger partial charge is 0.305 e. The van der Waals surface area contributed by atoms with Crippen LogP contribution >= 0.6 is 0 Å². The lowest BCUT2D eigenvalue weighted by atomic mass is 10.2. The predicted octanol–water partition coefficient (Wildman–Crippen LogP) is 2.76. The Morgan fingerprint density at radius 3 is 2.38 bits per heavy atom. The fraction of sp³-hybridized carbons (Fsp3) is 0.333. The second-order valence-electron chi connectivity index (χ2n) is 5.57. The number of benzene rings is 1. The maximum Gasteiger partial charge on any atom is 0.432 e. The zero-order valence-corrected chi connectivity index (χ0v) is 14.7. The zero-order chi connectivity index (χ0) is 19.5. The van der Waals surface area contributed by atoms with E-state index in [1.165, 1.54) is 24.3 Å². The topological polar surface area (TPSA) is 104 Å². The first-order valence-electron chi connectivity index (χ1n) is 7.59. The molecule has 3 N–H and O–H groups in total. The first-order chi connectivity index (χ1) is 12.0. The molecule has 11 heteroatoms. The van der Waals surface area contributed by atoms with Crippen LogP contribution < -0.4 is 10.0 Å². The van der Waals surface area contributed by atoms with Crippen LogP contribution in [0.3, 0.4) is 0 Å². The normalized spacial score (nSPS) is 13.4. The quantitative estimate of drug-likeness (QED) is 0.705. The lowest BCUT2D eigenvalue weighted by Crippen LogP contribution is -2.32. The number of amides is 1. The summed E-state index contributed by atoms with van der Waals surface area (Å²) in [6.07, 6.45) is -3.99. The van der Waals surface area contributed by atoms with Gasteiger partial charge in [0.15, 0.2) is 5.82 Å². The molecule has 0 fully saturated rings. The van der Waals surface area contributed by atoms with Crippen molar-refractivity contribution in [2.45, 2.75) is 37.4 Å². The van der Waals surface area contributed by atoms with E-state index in [9.17, 15) is 26.4 Å². The minimum absolute atomic E-state index is 0.0199. The number of aromatic amines is 1. The number of sulfonamides is 1. The van der Waals surface area contributed by atoms with E-state index in [0.29, 0.717) is 12.5 Å². The Kier molecular flexibility index (Phi) is 5.71. The zero-order valence-electron chi connectivity index (χ0n) is 13.9. The van der Waals surface area contributed by atoms with Crippen LogP contribution in [-0.2, 0) is 16.2 Å². The number of carbonyl (C=O) groups excluding carboxylic acids is 1. The predicted molar refractivity (Wildman–Crippen MR) is 88.1 cm³/mol. The second kappa shape index (κ2) is 7.46. The third-order valence-corrected chi connectivity index (χ3v) is 5.13. The van der Waals surface area contributed by atoms with Gasteiger partial charge in [-0.05, 0) is 37.6 Å². The summed E-state index contributed by atoms with van der Waals surface area (Å²) in [7, 11) is -3.71. The van der Waals surface area contributed by atoms with Gasteiger partial charge in [0.2, 0.25) is 10.0 Å². The van der Waals surface area contributed by atoms with Crippen LogP contribution in [0.15, 0.2) is 35.2 Å². The molecule has 7 nitrogen and oxygen atoms in total. The fourth-order valence-electron chi connectivity index (χ4n) is 1.92. The van der Waals surface area contributed by atoms with E-state index in [1.807, 2.05) is 6.92 Å². The number of H-pyrrole nitrogens is 1. The minimum Gasteiger partial charge on any atom is -0.305 e.